The van der Waals surface area contributed by atoms with Crippen molar-refractivity contribution in [3.63, 3.8) is 0 Å². The van der Waals surface area contributed by atoms with Crippen molar-refractivity contribution < 1.29 is 9.47 Å². The number of anilines is 1. The fourth-order valence-corrected chi connectivity index (χ4v) is 2.99. The van der Waals surface area contributed by atoms with Crippen LogP contribution in [0.1, 0.15) is 12.7 Å². The molecule has 0 saturated carbocycles. The monoisotopic (exact) mass is 349 g/mol. The maximum atomic E-state index is 6.26. The van der Waals surface area contributed by atoms with E-state index in [1.807, 2.05) is 22.8 Å². The fourth-order valence-electron chi connectivity index (χ4n) is 2.43. The number of fused-ring (bicyclic) bond motifs is 1. The lowest BCUT2D eigenvalue weighted by molar-refractivity contribution is 0.173. The average Bonchev–Trinajstić information content (AvgIpc) is 3.05. The van der Waals surface area contributed by atoms with E-state index in [-0.39, 0.29) is 6.79 Å². The molecular formula is C15H16BrN3O2. The molecule has 0 spiro atoms. The Morgan fingerprint density at radius 3 is 3.00 bits per heavy atom. The number of halogens is 1. The molecule has 2 N–H and O–H groups in total. The summed E-state index contributed by atoms with van der Waals surface area (Å²) in [6.45, 7) is 6.70. The third kappa shape index (κ3) is 2.29. The van der Waals surface area contributed by atoms with Gasteiger partial charge in [-0.3, -0.25) is 0 Å². The predicted octanol–water partition coefficient (Wildman–Crippen LogP) is 3.37. The number of imidazole rings is 1. The van der Waals surface area contributed by atoms with Crippen LogP contribution in [0.15, 0.2) is 29.3 Å². The second kappa shape index (κ2) is 5.44. The number of allylic oxidation sites excluding steroid dienone is 1. The molecule has 21 heavy (non-hydrogen) atoms. The number of hydrogen-bond acceptors (Lipinski definition) is 4. The van der Waals surface area contributed by atoms with Crippen molar-refractivity contribution in [2.75, 3.05) is 12.5 Å². The van der Waals surface area contributed by atoms with Crippen LogP contribution >= 0.6 is 15.9 Å². The van der Waals surface area contributed by atoms with E-state index in [9.17, 15) is 0 Å². The molecule has 1 aliphatic rings. The molecule has 2 heterocycles. The maximum Gasteiger partial charge on any atom is 0.231 e. The largest absolute Gasteiger partial charge is 0.454 e. The van der Waals surface area contributed by atoms with Crippen LogP contribution in [0.25, 0.3) is 11.3 Å². The highest BCUT2D eigenvalue weighted by atomic mass is 79.9. The molecule has 1 aliphatic heterocycles. The van der Waals surface area contributed by atoms with Crippen LogP contribution in [0.5, 0.6) is 11.5 Å². The molecule has 5 nitrogen and oxygen atoms in total. The molecule has 3 rings (SSSR count). The van der Waals surface area contributed by atoms with Gasteiger partial charge in [0.2, 0.25) is 6.79 Å². The molecule has 0 fully saturated rings. The summed E-state index contributed by atoms with van der Waals surface area (Å²) < 4.78 is 13.7. The van der Waals surface area contributed by atoms with Crippen LogP contribution in [0.4, 0.5) is 5.82 Å². The minimum absolute atomic E-state index is 0.234. The minimum atomic E-state index is 0.234. The van der Waals surface area contributed by atoms with Gasteiger partial charge in [0.05, 0.1) is 4.47 Å². The molecule has 0 unspecified atom stereocenters. The van der Waals surface area contributed by atoms with Crippen molar-refractivity contribution in [1.29, 1.82) is 0 Å². The second-order valence-electron chi connectivity index (χ2n) is 4.71. The normalized spacial score (nSPS) is 12.7. The zero-order valence-electron chi connectivity index (χ0n) is 11.7. The van der Waals surface area contributed by atoms with Gasteiger partial charge in [-0.15, -0.1) is 6.58 Å². The Kier molecular flexibility index (Phi) is 3.63. The minimum Gasteiger partial charge on any atom is -0.454 e. The number of hydrogen-bond donors (Lipinski definition) is 1. The van der Waals surface area contributed by atoms with E-state index in [1.165, 1.54) is 0 Å². The van der Waals surface area contributed by atoms with Gasteiger partial charge in [-0.25, -0.2) is 4.98 Å². The Balaban J connectivity index is 2.13. The lowest BCUT2D eigenvalue weighted by Gasteiger charge is -2.06. The van der Waals surface area contributed by atoms with Crippen molar-refractivity contribution >= 4 is 21.7 Å². The Morgan fingerprint density at radius 1 is 1.48 bits per heavy atom. The first-order valence-electron chi connectivity index (χ1n) is 6.71. The quantitative estimate of drug-likeness (QED) is 0.859. The molecule has 0 amide bonds. The van der Waals surface area contributed by atoms with E-state index >= 15 is 0 Å². The first kappa shape index (κ1) is 14.0. The van der Waals surface area contributed by atoms with Crippen LogP contribution in [0, 0.1) is 0 Å². The van der Waals surface area contributed by atoms with E-state index in [0.29, 0.717) is 18.1 Å². The summed E-state index contributed by atoms with van der Waals surface area (Å²) in [4.78, 5) is 4.66. The SMILES string of the molecule is C=CCn1c(CC)nc(-c2cc(Br)c3c(c2)OCO3)c1N. The first-order valence-corrected chi connectivity index (χ1v) is 7.50. The number of ether oxygens (including phenoxy) is 2. The summed E-state index contributed by atoms with van der Waals surface area (Å²) in [5, 5.41) is 0. The van der Waals surface area contributed by atoms with Gasteiger partial charge in [0, 0.05) is 18.5 Å². The number of nitrogen functional groups attached to an aromatic ring is 1. The maximum absolute atomic E-state index is 6.26. The number of aryl methyl sites for hydroxylation is 1. The van der Waals surface area contributed by atoms with E-state index in [1.54, 1.807) is 0 Å². The molecule has 1 aromatic heterocycles. The van der Waals surface area contributed by atoms with Gasteiger partial charge in [0.25, 0.3) is 0 Å². The van der Waals surface area contributed by atoms with E-state index in [0.717, 1.165) is 33.7 Å². The van der Waals surface area contributed by atoms with Gasteiger partial charge in [0.15, 0.2) is 11.5 Å². The molecule has 110 valence electrons. The van der Waals surface area contributed by atoms with E-state index in [4.69, 9.17) is 15.2 Å². The number of benzene rings is 1. The third-order valence-corrected chi connectivity index (χ3v) is 4.00. The Hall–Kier alpha value is -1.95. The summed E-state index contributed by atoms with van der Waals surface area (Å²) in [7, 11) is 0. The van der Waals surface area contributed by atoms with Crippen LogP contribution in [-0.2, 0) is 13.0 Å². The van der Waals surface area contributed by atoms with Crippen LogP contribution in [0.2, 0.25) is 0 Å². The molecular weight excluding hydrogens is 334 g/mol. The van der Waals surface area contributed by atoms with Crippen molar-refractivity contribution in [3.8, 4) is 22.8 Å². The van der Waals surface area contributed by atoms with E-state index in [2.05, 4.69) is 34.4 Å². The molecule has 1 aromatic carbocycles. The Labute approximate surface area is 131 Å². The summed E-state index contributed by atoms with van der Waals surface area (Å²) >= 11 is 3.50. The van der Waals surface area contributed by atoms with Crippen molar-refractivity contribution in [1.82, 2.24) is 9.55 Å². The van der Waals surface area contributed by atoms with Gasteiger partial charge in [-0.1, -0.05) is 13.0 Å². The highest BCUT2D eigenvalue weighted by molar-refractivity contribution is 9.10. The molecule has 0 bridgehead atoms. The zero-order chi connectivity index (χ0) is 15.0. The third-order valence-electron chi connectivity index (χ3n) is 3.41. The molecule has 0 atom stereocenters. The van der Waals surface area contributed by atoms with Crippen molar-refractivity contribution in [2.24, 2.45) is 0 Å². The molecule has 0 aliphatic carbocycles. The van der Waals surface area contributed by atoms with E-state index < -0.39 is 0 Å². The second-order valence-corrected chi connectivity index (χ2v) is 5.56. The molecule has 0 saturated heterocycles. The first-order chi connectivity index (χ1) is 10.2. The standard InChI is InChI=1S/C15H16BrN3O2/c1-3-5-19-12(4-2)18-13(15(19)17)9-6-10(16)14-11(7-9)20-8-21-14/h3,6-7H,1,4-5,8,17H2,2H3. The van der Waals surface area contributed by atoms with Gasteiger partial charge < -0.3 is 19.8 Å². The summed E-state index contributed by atoms with van der Waals surface area (Å²) in [6, 6.07) is 3.85. The smallest absolute Gasteiger partial charge is 0.231 e. The Bertz CT molecular complexity index is 709. The summed E-state index contributed by atoms with van der Waals surface area (Å²) in [5.41, 5.74) is 7.92. The number of nitrogens with two attached hydrogens (primary N) is 1. The van der Waals surface area contributed by atoms with Crippen LogP contribution in [0.3, 0.4) is 0 Å². The van der Waals surface area contributed by atoms with Crippen molar-refractivity contribution in [2.45, 2.75) is 19.9 Å². The lowest BCUT2D eigenvalue weighted by atomic mass is 10.1. The van der Waals surface area contributed by atoms with Crippen LogP contribution in [-0.4, -0.2) is 16.3 Å². The van der Waals surface area contributed by atoms with Crippen molar-refractivity contribution in [3.05, 3.63) is 35.1 Å². The fraction of sp³-hybridized carbons (Fsp3) is 0.267. The molecule has 0 radical (unpaired) electrons. The topological polar surface area (TPSA) is 62.3 Å². The highest BCUT2D eigenvalue weighted by Gasteiger charge is 2.21. The zero-order valence-corrected chi connectivity index (χ0v) is 13.3. The van der Waals surface area contributed by atoms with Gasteiger partial charge in [-0.2, -0.15) is 0 Å². The van der Waals surface area contributed by atoms with Gasteiger partial charge >= 0.3 is 0 Å². The number of rotatable bonds is 4. The number of nitrogens with zero attached hydrogens (tertiary/aromatic N) is 2. The predicted molar refractivity (Wildman–Crippen MR) is 85.5 cm³/mol. The molecule has 6 heteroatoms. The Morgan fingerprint density at radius 2 is 2.29 bits per heavy atom. The number of aromatic nitrogens is 2. The average molecular weight is 350 g/mol. The summed E-state index contributed by atoms with van der Waals surface area (Å²) in [6.07, 6.45) is 2.63. The highest BCUT2D eigenvalue weighted by Crippen LogP contribution is 2.43. The summed E-state index contributed by atoms with van der Waals surface area (Å²) in [5.74, 6) is 3.00. The van der Waals surface area contributed by atoms with Gasteiger partial charge in [0.1, 0.15) is 17.3 Å². The van der Waals surface area contributed by atoms with Crippen LogP contribution < -0.4 is 15.2 Å². The lowest BCUT2D eigenvalue weighted by Crippen LogP contribution is -2.05. The molecule has 2 aromatic rings. The van der Waals surface area contributed by atoms with Gasteiger partial charge in [-0.05, 0) is 28.1 Å².